The minimum Gasteiger partial charge on any atom is -0.492 e. The number of nitrogens with one attached hydrogen (secondary N) is 1. The summed E-state index contributed by atoms with van der Waals surface area (Å²) in [5.41, 5.74) is 0.997. The molecule has 0 saturated carbocycles. The van der Waals surface area contributed by atoms with E-state index < -0.39 is 0 Å². The number of benzene rings is 1. The third-order valence-electron chi connectivity index (χ3n) is 4.09. The number of fused-ring (bicyclic) bond motifs is 1. The number of hydrogen-bond donors (Lipinski definition) is 1. The zero-order valence-corrected chi connectivity index (χ0v) is 13.1. The van der Waals surface area contributed by atoms with Crippen LogP contribution in [0.3, 0.4) is 0 Å². The van der Waals surface area contributed by atoms with Gasteiger partial charge in [0, 0.05) is 36.2 Å². The van der Waals surface area contributed by atoms with Crippen molar-refractivity contribution in [1.82, 2.24) is 5.32 Å². The number of hydrogen-bond acceptors (Lipinski definition) is 3. The quantitative estimate of drug-likeness (QED) is 0.915. The average Bonchev–Trinajstić information content (AvgIpc) is 2.84. The lowest BCUT2D eigenvalue weighted by Crippen LogP contribution is -2.40. The van der Waals surface area contributed by atoms with Crippen LogP contribution in [0.5, 0.6) is 5.75 Å². The summed E-state index contributed by atoms with van der Waals surface area (Å²) in [5, 5.41) is 4.83. The van der Waals surface area contributed by atoms with Crippen LogP contribution in [0.4, 0.5) is 0 Å². The molecule has 3 nitrogen and oxygen atoms in total. The Morgan fingerprint density at radius 1 is 1.35 bits per heavy atom. The summed E-state index contributed by atoms with van der Waals surface area (Å²) in [5.74, 6) is 0.761. The summed E-state index contributed by atoms with van der Waals surface area (Å²) in [6, 6.07) is 3.89. The van der Waals surface area contributed by atoms with E-state index in [4.69, 9.17) is 32.7 Å². The average molecular weight is 316 g/mol. The van der Waals surface area contributed by atoms with Crippen molar-refractivity contribution < 1.29 is 9.47 Å². The molecular weight excluding hydrogens is 297 g/mol. The van der Waals surface area contributed by atoms with E-state index in [9.17, 15) is 0 Å². The number of ether oxygens (including phenoxy) is 2. The van der Waals surface area contributed by atoms with Gasteiger partial charge in [0.25, 0.3) is 0 Å². The third-order valence-corrected chi connectivity index (χ3v) is 4.59. The maximum absolute atomic E-state index is 6.21. The summed E-state index contributed by atoms with van der Waals surface area (Å²) in [7, 11) is 0. The Labute approximate surface area is 129 Å². The van der Waals surface area contributed by atoms with E-state index >= 15 is 0 Å². The van der Waals surface area contributed by atoms with E-state index in [1.807, 2.05) is 6.07 Å². The molecule has 0 aliphatic carbocycles. The summed E-state index contributed by atoms with van der Waals surface area (Å²) < 4.78 is 11.5. The molecule has 1 saturated heterocycles. The lowest BCUT2D eigenvalue weighted by atomic mass is 9.98. The van der Waals surface area contributed by atoms with E-state index in [1.54, 1.807) is 6.07 Å². The van der Waals surface area contributed by atoms with Gasteiger partial charge in [-0.05, 0) is 31.9 Å². The van der Waals surface area contributed by atoms with Gasteiger partial charge in [-0.3, -0.25) is 0 Å². The Kier molecular flexibility index (Phi) is 4.14. The zero-order valence-electron chi connectivity index (χ0n) is 11.5. The molecule has 1 N–H and O–H groups in total. The van der Waals surface area contributed by atoms with E-state index in [2.05, 4.69) is 12.2 Å². The predicted octanol–water partition coefficient (Wildman–Crippen LogP) is 3.98. The summed E-state index contributed by atoms with van der Waals surface area (Å²) >= 11 is 12.3. The Balaban J connectivity index is 1.76. The Bertz CT molecular complexity index is 501. The maximum Gasteiger partial charge on any atom is 0.142 e. The van der Waals surface area contributed by atoms with Crippen molar-refractivity contribution in [3.8, 4) is 5.75 Å². The van der Waals surface area contributed by atoms with Gasteiger partial charge >= 0.3 is 0 Å². The summed E-state index contributed by atoms with van der Waals surface area (Å²) in [4.78, 5) is 0. The first-order valence-electron chi connectivity index (χ1n) is 7.06. The van der Waals surface area contributed by atoms with Crippen LogP contribution in [-0.2, 0) is 4.74 Å². The van der Waals surface area contributed by atoms with E-state index in [1.165, 1.54) is 0 Å². The second kappa shape index (κ2) is 5.72. The van der Waals surface area contributed by atoms with Crippen LogP contribution in [0.25, 0.3) is 0 Å². The molecule has 110 valence electrons. The minimum atomic E-state index is -0.0547. The monoisotopic (exact) mass is 315 g/mol. The van der Waals surface area contributed by atoms with Crippen molar-refractivity contribution in [3.05, 3.63) is 27.7 Å². The first kappa shape index (κ1) is 14.5. The highest BCUT2D eigenvalue weighted by molar-refractivity contribution is 6.35. The van der Waals surface area contributed by atoms with Crippen LogP contribution in [0.2, 0.25) is 10.0 Å². The molecule has 2 aliphatic heterocycles. The normalized spacial score (nSPS) is 29.1. The Morgan fingerprint density at radius 2 is 2.20 bits per heavy atom. The standard InChI is InChI=1S/C15H19Cl2NO2/c1-15(4-2-5-20-15)9-18-13-3-6-19-14-11(13)7-10(16)8-12(14)17/h7-8,13,18H,2-6,9H2,1H3. The molecule has 2 aliphatic rings. The van der Waals surface area contributed by atoms with Crippen molar-refractivity contribution in [2.75, 3.05) is 19.8 Å². The van der Waals surface area contributed by atoms with Gasteiger partial charge in [-0.2, -0.15) is 0 Å². The highest BCUT2D eigenvalue weighted by Gasteiger charge is 2.32. The van der Waals surface area contributed by atoms with Gasteiger partial charge in [-0.25, -0.2) is 0 Å². The van der Waals surface area contributed by atoms with E-state index in [-0.39, 0.29) is 11.6 Å². The summed E-state index contributed by atoms with van der Waals surface area (Å²) in [6.07, 6.45) is 3.16. The van der Waals surface area contributed by atoms with Crippen molar-refractivity contribution in [1.29, 1.82) is 0 Å². The molecule has 5 heteroatoms. The largest absolute Gasteiger partial charge is 0.492 e. The van der Waals surface area contributed by atoms with Crippen molar-refractivity contribution in [3.63, 3.8) is 0 Å². The van der Waals surface area contributed by atoms with Crippen molar-refractivity contribution >= 4 is 23.2 Å². The van der Waals surface area contributed by atoms with Gasteiger partial charge in [-0.1, -0.05) is 23.2 Å². The van der Waals surface area contributed by atoms with Crippen LogP contribution < -0.4 is 10.1 Å². The highest BCUT2D eigenvalue weighted by Crippen LogP contribution is 2.40. The van der Waals surface area contributed by atoms with Crippen LogP contribution in [0, 0.1) is 0 Å². The van der Waals surface area contributed by atoms with Gasteiger partial charge in [0.15, 0.2) is 0 Å². The predicted molar refractivity (Wildman–Crippen MR) is 80.9 cm³/mol. The fourth-order valence-corrected chi connectivity index (χ4v) is 3.52. The molecule has 2 atom stereocenters. The van der Waals surface area contributed by atoms with Crippen LogP contribution in [0.1, 0.15) is 37.8 Å². The highest BCUT2D eigenvalue weighted by atomic mass is 35.5. The Hall–Kier alpha value is -0.480. The molecule has 20 heavy (non-hydrogen) atoms. The maximum atomic E-state index is 6.21. The molecule has 0 amide bonds. The van der Waals surface area contributed by atoms with Crippen LogP contribution in [-0.4, -0.2) is 25.4 Å². The first-order chi connectivity index (χ1) is 9.57. The van der Waals surface area contributed by atoms with E-state index in [0.29, 0.717) is 16.7 Å². The molecule has 2 unspecified atom stereocenters. The molecule has 3 rings (SSSR count). The molecule has 1 fully saturated rings. The van der Waals surface area contributed by atoms with Crippen LogP contribution >= 0.6 is 23.2 Å². The minimum absolute atomic E-state index is 0.0547. The molecule has 0 spiro atoms. The molecule has 0 radical (unpaired) electrons. The van der Waals surface area contributed by atoms with Gasteiger partial charge in [-0.15, -0.1) is 0 Å². The SMILES string of the molecule is CC1(CNC2CCOc3c(Cl)cc(Cl)cc32)CCCO1. The fourth-order valence-electron chi connectivity index (χ4n) is 2.95. The zero-order chi connectivity index (χ0) is 14.2. The smallest absolute Gasteiger partial charge is 0.142 e. The second-order valence-corrected chi connectivity index (χ2v) is 6.62. The van der Waals surface area contributed by atoms with Crippen molar-refractivity contribution in [2.24, 2.45) is 0 Å². The molecule has 0 bridgehead atoms. The van der Waals surface area contributed by atoms with Gasteiger partial charge in [0.2, 0.25) is 0 Å². The molecule has 0 aromatic heterocycles. The topological polar surface area (TPSA) is 30.5 Å². The molecule has 2 heterocycles. The third kappa shape index (κ3) is 2.91. The van der Waals surface area contributed by atoms with Crippen LogP contribution in [0.15, 0.2) is 12.1 Å². The lowest BCUT2D eigenvalue weighted by molar-refractivity contribution is 0.0176. The first-order valence-corrected chi connectivity index (χ1v) is 7.82. The second-order valence-electron chi connectivity index (χ2n) is 5.78. The van der Waals surface area contributed by atoms with Crippen molar-refractivity contribution in [2.45, 2.75) is 37.8 Å². The van der Waals surface area contributed by atoms with E-state index in [0.717, 1.165) is 43.7 Å². The van der Waals surface area contributed by atoms with Gasteiger partial charge < -0.3 is 14.8 Å². The molecular formula is C15H19Cl2NO2. The number of rotatable bonds is 3. The molecule has 1 aromatic rings. The number of halogens is 2. The lowest BCUT2D eigenvalue weighted by Gasteiger charge is -2.31. The molecule has 1 aromatic carbocycles. The summed E-state index contributed by atoms with van der Waals surface area (Å²) in [6.45, 7) is 4.53. The van der Waals surface area contributed by atoms with Gasteiger partial charge in [0.1, 0.15) is 5.75 Å². The van der Waals surface area contributed by atoms with Gasteiger partial charge in [0.05, 0.1) is 17.2 Å². The Morgan fingerprint density at radius 3 is 2.95 bits per heavy atom. The fraction of sp³-hybridized carbons (Fsp3) is 0.600.